The van der Waals surface area contributed by atoms with Gasteiger partial charge in [0.15, 0.2) is 0 Å². The van der Waals surface area contributed by atoms with Gasteiger partial charge in [-0.3, -0.25) is 0 Å². The lowest BCUT2D eigenvalue weighted by Gasteiger charge is -2.19. The van der Waals surface area contributed by atoms with E-state index >= 15 is 0 Å². The molecular formula is C21H21F3N6O2S. The Morgan fingerprint density at radius 1 is 1.18 bits per heavy atom. The third-order valence-electron chi connectivity index (χ3n) is 6.23. The van der Waals surface area contributed by atoms with Crippen molar-refractivity contribution in [3.8, 4) is 10.6 Å². The summed E-state index contributed by atoms with van der Waals surface area (Å²) in [5.41, 5.74) is 0.981. The second-order valence-electron chi connectivity index (χ2n) is 8.52. The van der Waals surface area contributed by atoms with E-state index in [0.29, 0.717) is 29.1 Å². The van der Waals surface area contributed by atoms with Crippen molar-refractivity contribution in [1.29, 1.82) is 5.41 Å². The molecule has 5 N–H and O–H groups in total. The lowest BCUT2D eigenvalue weighted by atomic mass is 10.0. The first-order valence-electron chi connectivity index (χ1n) is 10.3. The highest BCUT2D eigenvalue weighted by atomic mass is 32.1. The van der Waals surface area contributed by atoms with E-state index in [-0.39, 0.29) is 17.5 Å². The fourth-order valence-electron chi connectivity index (χ4n) is 4.38. The fourth-order valence-corrected chi connectivity index (χ4v) is 5.44. The van der Waals surface area contributed by atoms with Gasteiger partial charge in [0.25, 0.3) is 0 Å². The maximum atomic E-state index is 12.7. The predicted octanol–water partition coefficient (Wildman–Crippen LogP) is 3.35. The Morgan fingerprint density at radius 3 is 2.55 bits per heavy atom. The predicted molar refractivity (Wildman–Crippen MR) is 119 cm³/mol. The molecule has 33 heavy (non-hydrogen) atoms. The van der Waals surface area contributed by atoms with Crippen LogP contribution in [0.5, 0.6) is 0 Å². The molecule has 0 amide bonds. The molecule has 1 spiro atoms. The Morgan fingerprint density at radius 2 is 1.91 bits per heavy atom. The van der Waals surface area contributed by atoms with Crippen molar-refractivity contribution in [2.24, 2.45) is 5.41 Å². The summed E-state index contributed by atoms with van der Waals surface area (Å²) in [5, 5.41) is 34.7. The van der Waals surface area contributed by atoms with Crippen LogP contribution in [0.1, 0.15) is 18.5 Å². The largest absolute Gasteiger partial charge is 0.405 e. The summed E-state index contributed by atoms with van der Waals surface area (Å²) >= 11 is 1.40. The van der Waals surface area contributed by atoms with Crippen LogP contribution < -0.4 is 10.6 Å². The number of aliphatic hydroxyl groups excluding tert-OH is 2. The van der Waals surface area contributed by atoms with Gasteiger partial charge < -0.3 is 26.3 Å². The Hall–Kier alpha value is -2.83. The van der Waals surface area contributed by atoms with Crippen LogP contribution in [0.15, 0.2) is 24.3 Å². The zero-order valence-corrected chi connectivity index (χ0v) is 18.3. The molecule has 174 valence electrons. The van der Waals surface area contributed by atoms with Gasteiger partial charge in [0.2, 0.25) is 5.95 Å². The van der Waals surface area contributed by atoms with E-state index in [0.717, 1.165) is 10.2 Å². The molecule has 0 bridgehead atoms. The smallest absolute Gasteiger partial charge is 0.392 e. The molecule has 2 aliphatic rings. The minimum Gasteiger partial charge on any atom is -0.392 e. The molecule has 3 aromatic rings. The topological polar surface area (TPSA) is 127 Å². The molecular weight excluding hydrogens is 457 g/mol. The zero-order valence-electron chi connectivity index (χ0n) is 17.4. The van der Waals surface area contributed by atoms with Gasteiger partial charge in [-0.25, -0.2) is 9.97 Å². The number of para-hydroxylation sites is 1. The number of alkyl halides is 3. The number of nitrogens with one attached hydrogen (secondary N) is 3. The first-order chi connectivity index (χ1) is 15.6. The number of hydrogen-bond donors (Lipinski definition) is 5. The molecule has 8 nitrogen and oxygen atoms in total. The van der Waals surface area contributed by atoms with Crippen molar-refractivity contribution in [2.45, 2.75) is 44.2 Å². The number of anilines is 2. The minimum absolute atomic E-state index is 0.0165. The molecule has 4 atom stereocenters. The third-order valence-corrected chi connectivity index (χ3v) is 7.29. The molecule has 2 aromatic heterocycles. The molecule has 2 aliphatic carbocycles. The van der Waals surface area contributed by atoms with Crippen LogP contribution in [-0.4, -0.2) is 61.8 Å². The summed E-state index contributed by atoms with van der Waals surface area (Å²) in [6.45, 7) is 0.369. The van der Waals surface area contributed by atoms with Crippen LogP contribution in [0.4, 0.5) is 24.9 Å². The summed E-state index contributed by atoms with van der Waals surface area (Å²) in [7, 11) is 0. The van der Waals surface area contributed by atoms with Gasteiger partial charge in [0.1, 0.15) is 23.5 Å². The van der Waals surface area contributed by atoms with Gasteiger partial charge in [0.05, 0.1) is 39.3 Å². The van der Waals surface area contributed by atoms with Gasteiger partial charge in [-0.2, -0.15) is 18.2 Å². The SMILES string of the molecule is Cc1nc(NCC(F)(F)F)nc(N[C@@H]2CC3(CC3O)[C@@H](O)C2=N)c1-c1nc2ccccc2s1. The fraction of sp³-hybridized carbons (Fsp3) is 0.429. The molecule has 5 rings (SSSR count). The number of aromatic nitrogens is 3. The molecule has 0 aliphatic heterocycles. The molecule has 2 saturated carbocycles. The minimum atomic E-state index is -4.44. The molecule has 2 heterocycles. The molecule has 12 heteroatoms. The number of nitrogens with zero attached hydrogens (tertiary/aromatic N) is 3. The van der Waals surface area contributed by atoms with Crippen molar-refractivity contribution in [1.82, 2.24) is 15.0 Å². The van der Waals surface area contributed by atoms with Crippen molar-refractivity contribution in [3.05, 3.63) is 30.0 Å². The second-order valence-corrected chi connectivity index (χ2v) is 9.55. The van der Waals surface area contributed by atoms with Gasteiger partial charge >= 0.3 is 6.18 Å². The number of halogens is 3. The third kappa shape index (κ3) is 3.91. The number of aryl methyl sites for hydroxylation is 1. The maximum absolute atomic E-state index is 12.7. The van der Waals surface area contributed by atoms with Gasteiger partial charge in [-0.1, -0.05) is 12.1 Å². The van der Waals surface area contributed by atoms with Gasteiger partial charge in [-0.05, 0) is 31.9 Å². The molecule has 2 unspecified atom stereocenters. The highest BCUT2D eigenvalue weighted by molar-refractivity contribution is 7.21. The first-order valence-corrected chi connectivity index (χ1v) is 11.2. The maximum Gasteiger partial charge on any atom is 0.405 e. The Labute approximate surface area is 190 Å². The van der Waals surface area contributed by atoms with Crippen LogP contribution in [-0.2, 0) is 0 Å². The lowest BCUT2D eigenvalue weighted by molar-refractivity contribution is -0.115. The first kappa shape index (κ1) is 22.0. The summed E-state index contributed by atoms with van der Waals surface area (Å²) in [4.78, 5) is 13.1. The van der Waals surface area contributed by atoms with Crippen LogP contribution in [0.25, 0.3) is 20.8 Å². The van der Waals surface area contributed by atoms with Crippen molar-refractivity contribution < 1.29 is 23.4 Å². The van der Waals surface area contributed by atoms with Crippen LogP contribution in [0, 0.1) is 17.7 Å². The highest BCUT2D eigenvalue weighted by Gasteiger charge is 2.65. The number of rotatable bonds is 5. The average Bonchev–Trinajstić information content (AvgIpc) is 3.10. The normalized spacial score (nSPS) is 26.8. The zero-order chi connectivity index (χ0) is 23.5. The van der Waals surface area contributed by atoms with E-state index < -0.39 is 36.4 Å². The number of fused-ring (bicyclic) bond motifs is 1. The molecule has 0 saturated heterocycles. The number of hydrogen-bond acceptors (Lipinski definition) is 9. The molecule has 2 fully saturated rings. The van der Waals surface area contributed by atoms with Crippen LogP contribution >= 0.6 is 11.3 Å². The lowest BCUT2D eigenvalue weighted by Crippen LogP contribution is -2.30. The Balaban J connectivity index is 1.54. The van der Waals surface area contributed by atoms with E-state index in [2.05, 4.69) is 25.6 Å². The van der Waals surface area contributed by atoms with E-state index in [1.165, 1.54) is 11.3 Å². The summed E-state index contributed by atoms with van der Waals surface area (Å²) in [6, 6.07) is 6.90. The van der Waals surface area contributed by atoms with Crippen molar-refractivity contribution in [3.63, 3.8) is 0 Å². The summed E-state index contributed by atoms with van der Waals surface area (Å²) < 4.78 is 39.1. The van der Waals surface area contributed by atoms with Crippen molar-refractivity contribution in [2.75, 3.05) is 17.2 Å². The van der Waals surface area contributed by atoms with E-state index in [4.69, 9.17) is 5.41 Å². The average molecular weight is 479 g/mol. The summed E-state index contributed by atoms with van der Waals surface area (Å²) in [5.74, 6) is 0.0174. The standard InChI is InChI=1S/C21H21F3N6O2S/c1-9-14(18-29-10-4-2-3-5-12(10)33-18)17(30-19(27-9)26-8-21(22,23)24)28-11-6-20(7-13(20)31)16(32)15(11)25/h2-5,11,13,16,25,31-32H,6-8H2,1H3,(H2,26,27,28,30)/t11-,13?,16+,20?/m1/s1. The number of thiazole rings is 1. The molecule has 0 radical (unpaired) electrons. The van der Waals surface area contributed by atoms with E-state index in [1.807, 2.05) is 24.3 Å². The highest BCUT2D eigenvalue weighted by Crippen LogP contribution is 2.57. The summed E-state index contributed by atoms with van der Waals surface area (Å²) in [6.07, 6.45) is -5.48. The van der Waals surface area contributed by atoms with Crippen molar-refractivity contribution >= 4 is 39.0 Å². The number of benzene rings is 1. The van der Waals surface area contributed by atoms with Gasteiger partial charge in [-0.15, -0.1) is 11.3 Å². The van der Waals surface area contributed by atoms with Gasteiger partial charge in [0, 0.05) is 5.41 Å². The van der Waals surface area contributed by atoms with Crippen LogP contribution in [0.3, 0.4) is 0 Å². The Kier molecular flexibility index (Phi) is 5.07. The van der Waals surface area contributed by atoms with E-state index in [9.17, 15) is 23.4 Å². The quantitative estimate of drug-likeness (QED) is 0.381. The molecule has 1 aromatic carbocycles. The second kappa shape index (κ2) is 7.61. The number of aliphatic hydroxyl groups is 2. The monoisotopic (exact) mass is 478 g/mol. The van der Waals surface area contributed by atoms with Crippen LogP contribution in [0.2, 0.25) is 0 Å². The Bertz CT molecular complexity index is 1220. The van der Waals surface area contributed by atoms with E-state index in [1.54, 1.807) is 6.92 Å².